The fourth-order valence-electron chi connectivity index (χ4n) is 3.33. The normalized spacial score (nSPS) is 11.3. The minimum atomic E-state index is -0.731. The molecule has 0 aliphatic rings. The van der Waals surface area contributed by atoms with Crippen LogP contribution in [0.1, 0.15) is 27.5 Å². The summed E-state index contributed by atoms with van der Waals surface area (Å²) >= 11 is 6.00. The second-order valence-electron chi connectivity index (χ2n) is 6.92. The molecule has 7 nitrogen and oxygen atoms in total. The molecule has 1 N–H and O–H groups in total. The number of nitrogens with one attached hydrogen (secondary N) is 1. The van der Waals surface area contributed by atoms with Crippen molar-refractivity contribution in [1.29, 1.82) is 0 Å². The third-order valence-electron chi connectivity index (χ3n) is 4.90. The third-order valence-corrected chi connectivity index (χ3v) is 5.15. The fraction of sp³-hybridized carbons (Fsp3) is 0.200. The molecule has 0 aromatic heterocycles. The molecule has 0 aliphatic carbocycles. The number of carbonyl (C=O) groups is 2. The van der Waals surface area contributed by atoms with E-state index in [-0.39, 0.29) is 17.1 Å². The van der Waals surface area contributed by atoms with Crippen LogP contribution in [0.3, 0.4) is 0 Å². The summed E-state index contributed by atoms with van der Waals surface area (Å²) in [5, 5.41) is 3.50. The van der Waals surface area contributed by atoms with Gasteiger partial charge in [0.25, 0.3) is 5.91 Å². The second-order valence-corrected chi connectivity index (χ2v) is 7.36. The van der Waals surface area contributed by atoms with Gasteiger partial charge in [0.1, 0.15) is 5.56 Å². The Morgan fingerprint density at radius 3 is 2.06 bits per heavy atom. The Kier molecular flexibility index (Phi) is 8.16. The van der Waals surface area contributed by atoms with E-state index in [0.717, 1.165) is 11.1 Å². The van der Waals surface area contributed by atoms with Crippen LogP contribution in [-0.4, -0.2) is 39.8 Å². The van der Waals surface area contributed by atoms with Gasteiger partial charge in [0, 0.05) is 5.02 Å². The number of carbonyl (C=O) groups excluding carboxylic acids is 2. The van der Waals surface area contributed by atoms with E-state index in [1.54, 1.807) is 18.2 Å². The molecule has 1 amide bonds. The summed E-state index contributed by atoms with van der Waals surface area (Å²) in [6.45, 7) is -0.479. The van der Waals surface area contributed by atoms with E-state index in [2.05, 4.69) is 5.32 Å². The standard InChI is InChI=1S/C25H24ClNO6/c1-30-20-14-13-19(23(31-2)24(20)32-3)25(29)33-15-21(28)27-22(16-7-5-4-6-8-16)17-9-11-18(26)12-10-17/h4-14,22H,15H2,1-3H3,(H,27,28). The highest BCUT2D eigenvalue weighted by Crippen LogP contribution is 2.40. The zero-order chi connectivity index (χ0) is 23.8. The molecule has 0 saturated carbocycles. The van der Waals surface area contributed by atoms with E-state index in [9.17, 15) is 9.59 Å². The Hall–Kier alpha value is -3.71. The van der Waals surface area contributed by atoms with Crippen molar-refractivity contribution in [3.05, 3.63) is 88.4 Å². The molecule has 0 radical (unpaired) electrons. The van der Waals surface area contributed by atoms with Crippen LogP contribution in [0.5, 0.6) is 17.2 Å². The molecule has 0 bridgehead atoms. The van der Waals surface area contributed by atoms with Gasteiger partial charge in [-0.2, -0.15) is 0 Å². The highest BCUT2D eigenvalue weighted by Gasteiger charge is 2.23. The van der Waals surface area contributed by atoms with Gasteiger partial charge >= 0.3 is 5.97 Å². The maximum Gasteiger partial charge on any atom is 0.342 e. The summed E-state index contributed by atoms with van der Waals surface area (Å²) in [6.07, 6.45) is 0. The van der Waals surface area contributed by atoms with Crippen LogP contribution in [-0.2, 0) is 9.53 Å². The minimum Gasteiger partial charge on any atom is -0.493 e. The molecule has 0 spiro atoms. The van der Waals surface area contributed by atoms with E-state index >= 15 is 0 Å². The van der Waals surface area contributed by atoms with Crippen molar-refractivity contribution in [1.82, 2.24) is 5.32 Å². The van der Waals surface area contributed by atoms with Gasteiger partial charge in [-0.25, -0.2) is 4.79 Å². The maximum atomic E-state index is 12.7. The molecule has 0 fully saturated rings. The van der Waals surface area contributed by atoms with Crippen molar-refractivity contribution in [2.24, 2.45) is 0 Å². The van der Waals surface area contributed by atoms with Gasteiger partial charge in [0.05, 0.1) is 27.4 Å². The monoisotopic (exact) mass is 469 g/mol. The van der Waals surface area contributed by atoms with Crippen LogP contribution in [0.2, 0.25) is 5.02 Å². The maximum absolute atomic E-state index is 12.7. The molecule has 8 heteroatoms. The number of esters is 1. The van der Waals surface area contributed by atoms with Gasteiger partial charge in [-0.3, -0.25) is 4.79 Å². The topological polar surface area (TPSA) is 83.1 Å². The van der Waals surface area contributed by atoms with Crippen molar-refractivity contribution in [3.8, 4) is 17.2 Å². The van der Waals surface area contributed by atoms with Crippen molar-refractivity contribution in [3.63, 3.8) is 0 Å². The SMILES string of the molecule is COc1ccc(C(=O)OCC(=O)NC(c2ccccc2)c2ccc(Cl)cc2)c(OC)c1OC. The first-order chi connectivity index (χ1) is 16.0. The summed E-state index contributed by atoms with van der Waals surface area (Å²) in [7, 11) is 4.31. The zero-order valence-corrected chi connectivity index (χ0v) is 19.2. The summed E-state index contributed by atoms with van der Waals surface area (Å²) < 4.78 is 21.1. The summed E-state index contributed by atoms with van der Waals surface area (Å²) in [5.74, 6) is -0.383. The number of hydrogen-bond donors (Lipinski definition) is 1. The molecule has 3 aromatic carbocycles. The molecule has 1 atom stereocenters. The Labute approximate surface area is 197 Å². The lowest BCUT2D eigenvalue weighted by Gasteiger charge is -2.20. The molecule has 3 rings (SSSR count). The largest absolute Gasteiger partial charge is 0.493 e. The average Bonchev–Trinajstić information content (AvgIpc) is 2.85. The number of ether oxygens (including phenoxy) is 4. The highest BCUT2D eigenvalue weighted by molar-refractivity contribution is 6.30. The average molecular weight is 470 g/mol. The number of amides is 1. The number of hydrogen-bond acceptors (Lipinski definition) is 6. The lowest BCUT2D eigenvalue weighted by molar-refractivity contribution is -0.124. The van der Waals surface area contributed by atoms with E-state index in [1.807, 2.05) is 42.5 Å². The van der Waals surface area contributed by atoms with E-state index in [1.165, 1.54) is 27.4 Å². The Morgan fingerprint density at radius 2 is 1.45 bits per heavy atom. The molecule has 33 heavy (non-hydrogen) atoms. The minimum absolute atomic E-state index is 0.111. The first-order valence-corrected chi connectivity index (χ1v) is 10.4. The predicted octanol–water partition coefficient (Wildman–Crippen LogP) is 4.43. The fourth-order valence-corrected chi connectivity index (χ4v) is 3.46. The first-order valence-electron chi connectivity index (χ1n) is 10.0. The Bertz CT molecular complexity index is 1100. The number of methoxy groups -OCH3 is 3. The summed E-state index contributed by atoms with van der Waals surface area (Å²) in [6, 6.07) is 19.2. The summed E-state index contributed by atoms with van der Waals surface area (Å²) in [5.41, 5.74) is 1.83. The van der Waals surface area contributed by atoms with Crippen molar-refractivity contribution >= 4 is 23.5 Å². The predicted molar refractivity (Wildman–Crippen MR) is 124 cm³/mol. The van der Waals surface area contributed by atoms with Crippen LogP contribution in [0.25, 0.3) is 0 Å². The van der Waals surface area contributed by atoms with Crippen molar-refractivity contribution in [2.75, 3.05) is 27.9 Å². The van der Waals surface area contributed by atoms with Crippen LogP contribution >= 0.6 is 11.6 Å². The van der Waals surface area contributed by atoms with Crippen molar-refractivity contribution in [2.45, 2.75) is 6.04 Å². The molecule has 172 valence electrons. The molecule has 0 saturated heterocycles. The zero-order valence-electron chi connectivity index (χ0n) is 18.5. The smallest absolute Gasteiger partial charge is 0.342 e. The Balaban J connectivity index is 1.74. The van der Waals surface area contributed by atoms with E-state index in [0.29, 0.717) is 10.8 Å². The van der Waals surface area contributed by atoms with Gasteiger partial charge in [-0.15, -0.1) is 0 Å². The van der Waals surface area contributed by atoms with Crippen LogP contribution in [0.15, 0.2) is 66.7 Å². The van der Waals surface area contributed by atoms with E-state index in [4.69, 9.17) is 30.5 Å². The molecule has 3 aromatic rings. The van der Waals surface area contributed by atoms with Crippen LogP contribution in [0, 0.1) is 0 Å². The van der Waals surface area contributed by atoms with Gasteiger partial charge in [-0.05, 0) is 35.4 Å². The van der Waals surface area contributed by atoms with E-state index < -0.39 is 24.5 Å². The number of rotatable bonds is 9. The molecular formula is C25H24ClNO6. The molecule has 1 unspecified atom stereocenters. The Morgan fingerprint density at radius 1 is 0.818 bits per heavy atom. The van der Waals surface area contributed by atoms with Gasteiger partial charge in [0.15, 0.2) is 18.1 Å². The lowest BCUT2D eigenvalue weighted by atomic mass is 9.99. The van der Waals surface area contributed by atoms with Crippen LogP contribution < -0.4 is 19.5 Å². The molecule has 0 heterocycles. The van der Waals surface area contributed by atoms with Crippen molar-refractivity contribution < 1.29 is 28.5 Å². The second kappa shape index (κ2) is 11.2. The van der Waals surface area contributed by atoms with Gasteiger partial charge in [-0.1, -0.05) is 54.1 Å². The first kappa shape index (κ1) is 23.9. The van der Waals surface area contributed by atoms with Crippen LogP contribution in [0.4, 0.5) is 0 Å². The quantitative estimate of drug-likeness (QED) is 0.467. The summed E-state index contributed by atoms with van der Waals surface area (Å²) in [4.78, 5) is 25.4. The highest BCUT2D eigenvalue weighted by atomic mass is 35.5. The molecular weight excluding hydrogens is 446 g/mol. The third kappa shape index (κ3) is 5.75. The lowest BCUT2D eigenvalue weighted by Crippen LogP contribution is -2.33. The number of benzene rings is 3. The molecule has 0 aliphatic heterocycles. The van der Waals surface area contributed by atoms with Gasteiger partial charge in [0.2, 0.25) is 5.75 Å². The van der Waals surface area contributed by atoms with Gasteiger partial charge < -0.3 is 24.3 Å². The number of halogens is 1.